The largest absolute Gasteiger partial charge is 0.364 e. The average molecular weight is 416 g/mol. The number of nitrogens with one attached hydrogen (secondary N) is 1. The van der Waals surface area contributed by atoms with Crippen LogP contribution in [0.1, 0.15) is 10.5 Å². The fourth-order valence-electron chi connectivity index (χ4n) is 3.00. The van der Waals surface area contributed by atoms with Crippen LogP contribution in [0.5, 0.6) is 0 Å². The van der Waals surface area contributed by atoms with E-state index >= 15 is 0 Å². The fraction of sp³-hybridized carbons (Fsp3) is 0.0526. The van der Waals surface area contributed by atoms with Crippen LogP contribution in [0.25, 0.3) is 21.5 Å². The average Bonchev–Trinajstić information content (AvgIpc) is 3.31. The highest BCUT2D eigenvalue weighted by atomic mass is 35.5. The van der Waals surface area contributed by atoms with E-state index in [2.05, 4.69) is 9.97 Å². The maximum atomic E-state index is 12.1. The topological polar surface area (TPSA) is 81.0 Å². The van der Waals surface area contributed by atoms with Crippen LogP contribution in [0.3, 0.4) is 0 Å². The number of H-pyrrole nitrogens is 1. The third kappa shape index (κ3) is 3.37. The maximum Gasteiger partial charge on any atom is 0.265 e. The lowest BCUT2D eigenvalue weighted by Gasteiger charge is -2.17. The Morgan fingerprint density at radius 2 is 2.15 bits per heavy atom. The third-order valence-electron chi connectivity index (χ3n) is 4.13. The first-order chi connectivity index (χ1) is 13.1. The van der Waals surface area contributed by atoms with Gasteiger partial charge in [0, 0.05) is 50.8 Å². The van der Waals surface area contributed by atoms with Crippen LogP contribution < -0.4 is 16.3 Å². The second-order valence-electron chi connectivity index (χ2n) is 5.77. The zero-order valence-corrected chi connectivity index (χ0v) is 16.7. The van der Waals surface area contributed by atoms with Crippen molar-refractivity contribution in [2.75, 3.05) is 7.11 Å². The SMILES string of the molecule is COP(c1cccc(-c2nccs2)c1)c1c(C(N)=O)[nH]c2ccc(Cl)cc12. The third-order valence-corrected chi connectivity index (χ3v) is 7.17. The summed E-state index contributed by atoms with van der Waals surface area (Å²) < 4.78 is 5.87. The van der Waals surface area contributed by atoms with Gasteiger partial charge in [0.05, 0.1) is 8.15 Å². The number of rotatable bonds is 5. The maximum absolute atomic E-state index is 12.1. The molecule has 4 aromatic rings. The molecule has 1 unspecified atom stereocenters. The molecule has 136 valence electrons. The molecule has 0 aliphatic heterocycles. The van der Waals surface area contributed by atoms with Gasteiger partial charge in [-0.2, -0.15) is 0 Å². The number of carbonyl (C=O) groups excluding carboxylic acids is 1. The number of nitrogens with two attached hydrogens (primary N) is 1. The minimum atomic E-state index is -1.28. The zero-order valence-electron chi connectivity index (χ0n) is 14.3. The van der Waals surface area contributed by atoms with Gasteiger partial charge in [-0.3, -0.25) is 4.79 Å². The lowest BCUT2D eigenvalue weighted by atomic mass is 10.2. The second-order valence-corrected chi connectivity index (χ2v) is 9.02. The Balaban J connectivity index is 1.91. The molecule has 0 aliphatic rings. The highest BCUT2D eigenvalue weighted by Gasteiger charge is 2.26. The molecular formula is C19H15ClN3O2PS. The van der Waals surface area contributed by atoms with E-state index < -0.39 is 14.1 Å². The van der Waals surface area contributed by atoms with Crippen LogP contribution in [0.4, 0.5) is 0 Å². The number of halogens is 1. The van der Waals surface area contributed by atoms with E-state index in [0.29, 0.717) is 10.7 Å². The van der Waals surface area contributed by atoms with Gasteiger partial charge in [-0.05, 0) is 24.3 Å². The summed E-state index contributed by atoms with van der Waals surface area (Å²) in [6, 6.07) is 13.4. The van der Waals surface area contributed by atoms with Crippen molar-refractivity contribution in [3.63, 3.8) is 0 Å². The molecule has 0 saturated carbocycles. The summed E-state index contributed by atoms with van der Waals surface area (Å²) in [5, 5.41) is 6.00. The van der Waals surface area contributed by atoms with Gasteiger partial charge in [0.25, 0.3) is 5.91 Å². The van der Waals surface area contributed by atoms with Crippen molar-refractivity contribution >= 4 is 58.5 Å². The smallest absolute Gasteiger partial charge is 0.265 e. The van der Waals surface area contributed by atoms with Gasteiger partial charge in [-0.15, -0.1) is 11.3 Å². The molecule has 3 N–H and O–H groups in total. The number of amides is 1. The summed E-state index contributed by atoms with van der Waals surface area (Å²) in [6.45, 7) is 0. The van der Waals surface area contributed by atoms with Crippen LogP contribution in [-0.4, -0.2) is 23.0 Å². The molecule has 1 atom stereocenters. The predicted octanol–water partition coefficient (Wildman–Crippen LogP) is 4.04. The van der Waals surface area contributed by atoms with Crippen LogP contribution in [0.2, 0.25) is 5.02 Å². The number of benzene rings is 2. The van der Waals surface area contributed by atoms with Gasteiger partial charge in [0.1, 0.15) is 10.7 Å². The van der Waals surface area contributed by atoms with Crippen molar-refractivity contribution in [2.45, 2.75) is 0 Å². The lowest BCUT2D eigenvalue weighted by Crippen LogP contribution is -2.23. The zero-order chi connectivity index (χ0) is 19.0. The molecular weight excluding hydrogens is 401 g/mol. The molecule has 2 heterocycles. The van der Waals surface area contributed by atoms with Crippen LogP contribution in [0, 0.1) is 0 Å². The number of aromatic nitrogens is 2. The molecule has 8 heteroatoms. The van der Waals surface area contributed by atoms with Gasteiger partial charge in [0.2, 0.25) is 0 Å². The van der Waals surface area contributed by atoms with E-state index in [1.807, 2.05) is 41.8 Å². The number of hydrogen-bond acceptors (Lipinski definition) is 4. The molecule has 0 aliphatic carbocycles. The summed E-state index contributed by atoms with van der Waals surface area (Å²) in [6.07, 6.45) is 1.78. The number of thiazole rings is 1. The summed E-state index contributed by atoms with van der Waals surface area (Å²) in [5.74, 6) is -0.530. The molecule has 0 spiro atoms. The molecule has 0 bridgehead atoms. The number of hydrogen-bond donors (Lipinski definition) is 2. The van der Waals surface area contributed by atoms with E-state index in [1.165, 1.54) is 0 Å². The van der Waals surface area contributed by atoms with Gasteiger partial charge in [0.15, 0.2) is 0 Å². The Morgan fingerprint density at radius 1 is 1.30 bits per heavy atom. The summed E-state index contributed by atoms with van der Waals surface area (Å²) in [4.78, 5) is 19.6. The van der Waals surface area contributed by atoms with E-state index in [4.69, 9.17) is 21.9 Å². The van der Waals surface area contributed by atoms with Gasteiger partial charge < -0.3 is 15.2 Å². The van der Waals surface area contributed by atoms with Crippen molar-refractivity contribution in [3.05, 3.63) is 64.8 Å². The number of carbonyl (C=O) groups is 1. The van der Waals surface area contributed by atoms with E-state index in [-0.39, 0.29) is 0 Å². The van der Waals surface area contributed by atoms with Crippen molar-refractivity contribution in [1.82, 2.24) is 9.97 Å². The molecule has 27 heavy (non-hydrogen) atoms. The molecule has 4 rings (SSSR count). The summed E-state index contributed by atoms with van der Waals surface area (Å²) >= 11 is 7.77. The fourth-order valence-corrected chi connectivity index (χ4v) is 5.71. The van der Waals surface area contributed by atoms with Crippen molar-refractivity contribution < 1.29 is 9.32 Å². The first-order valence-corrected chi connectivity index (χ1v) is 10.6. The predicted molar refractivity (Wildman–Crippen MR) is 113 cm³/mol. The van der Waals surface area contributed by atoms with E-state index in [1.54, 1.807) is 30.7 Å². The monoisotopic (exact) mass is 415 g/mol. The standard InChI is InChI=1S/C19H15ClN3O2PS/c1-25-26(13-4-2-3-11(9-13)19-22-7-8-27-19)17-14-10-12(20)5-6-15(14)23-16(17)18(21)24/h2-10,23H,1H3,(H2,21,24). The molecule has 5 nitrogen and oxygen atoms in total. The van der Waals surface area contributed by atoms with E-state index in [9.17, 15) is 4.79 Å². The molecule has 1 amide bonds. The number of primary amides is 1. The number of fused-ring (bicyclic) bond motifs is 1. The number of nitrogens with zero attached hydrogens (tertiary/aromatic N) is 1. The van der Waals surface area contributed by atoms with Crippen molar-refractivity contribution in [1.29, 1.82) is 0 Å². The van der Waals surface area contributed by atoms with Crippen LogP contribution in [0.15, 0.2) is 54.0 Å². The first-order valence-electron chi connectivity index (χ1n) is 8.03. The Kier molecular flexibility index (Phi) is 4.98. The summed E-state index contributed by atoms with van der Waals surface area (Å²) in [7, 11) is 0.352. The van der Waals surface area contributed by atoms with E-state index in [0.717, 1.165) is 32.1 Å². The highest BCUT2D eigenvalue weighted by Crippen LogP contribution is 2.39. The quantitative estimate of drug-likeness (QED) is 0.483. The normalized spacial score (nSPS) is 12.4. The molecule has 0 radical (unpaired) electrons. The molecule has 0 saturated heterocycles. The van der Waals surface area contributed by atoms with Gasteiger partial charge in [-0.1, -0.05) is 29.8 Å². The highest BCUT2D eigenvalue weighted by molar-refractivity contribution is 7.69. The second kappa shape index (κ2) is 7.41. The minimum Gasteiger partial charge on any atom is -0.364 e. The Labute approximate surface area is 166 Å². The van der Waals surface area contributed by atoms with Crippen LogP contribution >= 0.6 is 31.1 Å². The Bertz CT molecular complexity index is 1130. The van der Waals surface area contributed by atoms with Gasteiger partial charge >= 0.3 is 0 Å². The van der Waals surface area contributed by atoms with Crippen molar-refractivity contribution in [3.8, 4) is 10.6 Å². The number of aromatic amines is 1. The Morgan fingerprint density at radius 3 is 2.85 bits per heavy atom. The van der Waals surface area contributed by atoms with Crippen LogP contribution in [-0.2, 0) is 4.52 Å². The minimum absolute atomic E-state index is 0.347. The summed E-state index contributed by atoms with van der Waals surface area (Å²) in [5.41, 5.74) is 7.78. The first kappa shape index (κ1) is 18.1. The molecule has 2 aromatic carbocycles. The molecule has 0 fully saturated rings. The van der Waals surface area contributed by atoms with Crippen molar-refractivity contribution in [2.24, 2.45) is 5.73 Å². The molecule has 2 aromatic heterocycles. The Hall–Kier alpha value is -2.24. The van der Waals surface area contributed by atoms with Gasteiger partial charge in [-0.25, -0.2) is 4.98 Å². The lowest BCUT2D eigenvalue weighted by molar-refractivity contribution is 0.0997.